The van der Waals surface area contributed by atoms with Gasteiger partial charge in [0.25, 0.3) is 0 Å². The summed E-state index contributed by atoms with van der Waals surface area (Å²) >= 11 is 0. The Balaban J connectivity index is 2.03. The smallest absolute Gasteiger partial charge is 0.323 e. The molecule has 1 saturated heterocycles. The van der Waals surface area contributed by atoms with E-state index in [0.717, 1.165) is 6.42 Å². The normalized spacial score (nSPS) is 19.1. The van der Waals surface area contributed by atoms with Crippen LogP contribution in [0.3, 0.4) is 0 Å². The molecule has 1 aromatic heterocycles. The molecule has 19 heavy (non-hydrogen) atoms. The molecule has 4 N–H and O–H groups in total. The zero-order valence-corrected chi connectivity index (χ0v) is 11.0. The molecule has 0 saturated carbocycles. The van der Waals surface area contributed by atoms with Crippen LogP contribution in [0.2, 0.25) is 0 Å². The van der Waals surface area contributed by atoms with Gasteiger partial charge in [-0.2, -0.15) is 15.0 Å². The van der Waals surface area contributed by atoms with Gasteiger partial charge in [-0.1, -0.05) is 0 Å². The third kappa shape index (κ3) is 3.94. The predicted octanol–water partition coefficient (Wildman–Crippen LogP) is -0.0685. The van der Waals surface area contributed by atoms with Crippen LogP contribution >= 0.6 is 0 Å². The van der Waals surface area contributed by atoms with Crippen LogP contribution in [0.5, 0.6) is 6.01 Å². The van der Waals surface area contributed by atoms with Crippen molar-refractivity contribution in [2.45, 2.75) is 38.8 Å². The second kappa shape index (κ2) is 5.68. The first-order valence-electron chi connectivity index (χ1n) is 6.24. The Morgan fingerprint density at radius 2 is 2.21 bits per heavy atom. The van der Waals surface area contributed by atoms with Gasteiger partial charge in [0.1, 0.15) is 0 Å². The van der Waals surface area contributed by atoms with Crippen molar-refractivity contribution in [1.82, 2.24) is 20.3 Å². The lowest BCUT2D eigenvalue weighted by molar-refractivity contribution is -0.122. The van der Waals surface area contributed by atoms with E-state index in [1.54, 1.807) is 0 Å². The summed E-state index contributed by atoms with van der Waals surface area (Å²) < 4.78 is 5.39. The Hall–Kier alpha value is -2.12. The zero-order valence-electron chi connectivity index (χ0n) is 11.0. The summed E-state index contributed by atoms with van der Waals surface area (Å²) in [4.78, 5) is 23.1. The summed E-state index contributed by atoms with van der Waals surface area (Å²) in [6.45, 7) is 4.30. The number of carbonyl (C=O) groups excluding carboxylic acids is 1. The summed E-state index contributed by atoms with van der Waals surface area (Å²) in [7, 11) is 0. The molecule has 1 amide bonds. The van der Waals surface area contributed by atoms with Crippen molar-refractivity contribution in [3.8, 4) is 6.01 Å². The Kier molecular flexibility index (Phi) is 3.98. The molecule has 1 aliphatic rings. The van der Waals surface area contributed by atoms with Gasteiger partial charge in [-0.15, -0.1) is 0 Å². The number of nitrogens with one attached hydrogen (secondary N) is 2. The standard InChI is InChI=1S/C11H18N6O2/c1-6(2)19-11-16-9(12)15-10(17-11)14-7-3-4-8(18)13-5-7/h6-7H,3-5H2,1-2H3,(H,13,18)(H3,12,14,15,16,17). The Morgan fingerprint density at radius 1 is 1.42 bits per heavy atom. The Labute approximate surface area is 111 Å². The molecule has 2 heterocycles. The first-order valence-corrected chi connectivity index (χ1v) is 6.24. The van der Waals surface area contributed by atoms with Crippen molar-refractivity contribution < 1.29 is 9.53 Å². The van der Waals surface area contributed by atoms with Crippen LogP contribution in [0.15, 0.2) is 0 Å². The van der Waals surface area contributed by atoms with Crippen molar-refractivity contribution in [3.05, 3.63) is 0 Å². The third-order valence-electron chi connectivity index (χ3n) is 2.57. The molecule has 0 aromatic carbocycles. The number of hydrogen-bond acceptors (Lipinski definition) is 7. The van der Waals surface area contributed by atoms with Gasteiger partial charge in [-0.25, -0.2) is 0 Å². The van der Waals surface area contributed by atoms with Gasteiger partial charge in [0.15, 0.2) is 0 Å². The molecule has 2 rings (SSSR count). The Bertz CT molecular complexity index is 454. The summed E-state index contributed by atoms with van der Waals surface area (Å²) in [5, 5.41) is 5.90. The molecule has 8 nitrogen and oxygen atoms in total. The first-order chi connectivity index (χ1) is 9.02. The largest absolute Gasteiger partial charge is 0.461 e. The van der Waals surface area contributed by atoms with Crippen LogP contribution in [0.1, 0.15) is 26.7 Å². The summed E-state index contributed by atoms with van der Waals surface area (Å²) in [6.07, 6.45) is 1.19. The molecule has 0 radical (unpaired) electrons. The average molecular weight is 266 g/mol. The molecule has 0 bridgehead atoms. The highest BCUT2D eigenvalue weighted by molar-refractivity contribution is 5.76. The quantitative estimate of drug-likeness (QED) is 0.698. The highest BCUT2D eigenvalue weighted by atomic mass is 16.5. The maximum atomic E-state index is 11.1. The van der Waals surface area contributed by atoms with E-state index >= 15 is 0 Å². The van der Waals surface area contributed by atoms with E-state index in [0.29, 0.717) is 18.9 Å². The van der Waals surface area contributed by atoms with Gasteiger partial charge < -0.3 is 21.1 Å². The number of rotatable bonds is 4. The number of anilines is 2. The molecule has 1 fully saturated rings. The number of ether oxygens (including phenoxy) is 1. The van der Waals surface area contributed by atoms with E-state index < -0.39 is 0 Å². The lowest BCUT2D eigenvalue weighted by Gasteiger charge is -2.23. The molecule has 1 unspecified atom stereocenters. The van der Waals surface area contributed by atoms with E-state index in [1.165, 1.54) is 0 Å². The zero-order chi connectivity index (χ0) is 13.8. The number of nitrogen functional groups attached to an aromatic ring is 1. The van der Waals surface area contributed by atoms with Gasteiger partial charge in [0.2, 0.25) is 17.8 Å². The maximum absolute atomic E-state index is 11.1. The SMILES string of the molecule is CC(C)Oc1nc(N)nc(NC2CCC(=O)NC2)n1. The van der Waals surface area contributed by atoms with Gasteiger partial charge in [0.05, 0.1) is 6.10 Å². The van der Waals surface area contributed by atoms with Crippen molar-refractivity contribution >= 4 is 17.8 Å². The number of aromatic nitrogens is 3. The minimum Gasteiger partial charge on any atom is -0.461 e. The molecule has 1 atom stereocenters. The fourth-order valence-electron chi connectivity index (χ4n) is 1.74. The van der Waals surface area contributed by atoms with Gasteiger partial charge in [0, 0.05) is 19.0 Å². The third-order valence-corrected chi connectivity index (χ3v) is 2.57. The minimum atomic E-state index is -0.0383. The number of carbonyl (C=O) groups is 1. The lowest BCUT2D eigenvalue weighted by atomic mass is 10.1. The van der Waals surface area contributed by atoms with Crippen LogP contribution in [-0.2, 0) is 4.79 Å². The molecule has 8 heteroatoms. The van der Waals surface area contributed by atoms with E-state index in [2.05, 4.69) is 25.6 Å². The van der Waals surface area contributed by atoms with Crippen molar-refractivity contribution in [1.29, 1.82) is 0 Å². The molecule has 0 aliphatic carbocycles. The molecule has 1 aromatic rings. The number of amides is 1. The van der Waals surface area contributed by atoms with Crippen molar-refractivity contribution in [3.63, 3.8) is 0 Å². The second-order valence-electron chi connectivity index (χ2n) is 4.65. The summed E-state index contributed by atoms with van der Waals surface area (Å²) in [5.74, 6) is 0.536. The maximum Gasteiger partial charge on any atom is 0.323 e. The average Bonchev–Trinajstić information content (AvgIpc) is 2.30. The fraction of sp³-hybridized carbons (Fsp3) is 0.636. The van der Waals surface area contributed by atoms with E-state index in [4.69, 9.17) is 10.5 Å². The lowest BCUT2D eigenvalue weighted by Crippen LogP contribution is -2.42. The number of nitrogens with two attached hydrogens (primary N) is 1. The van der Waals surface area contributed by atoms with Crippen LogP contribution in [0.25, 0.3) is 0 Å². The highest BCUT2D eigenvalue weighted by Gasteiger charge is 2.19. The van der Waals surface area contributed by atoms with Crippen LogP contribution in [0.4, 0.5) is 11.9 Å². The van der Waals surface area contributed by atoms with E-state index in [1.807, 2.05) is 13.8 Å². The van der Waals surface area contributed by atoms with Gasteiger partial charge in [-0.3, -0.25) is 4.79 Å². The second-order valence-corrected chi connectivity index (χ2v) is 4.65. The topological polar surface area (TPSA) is 115 Å². The monoisotopic (exact) mass is 266 g/mol. The first kappa shape index (κ1) is 13.3. The Morgan fingerprint density at radius 3 is 2.84 bits per heavy atom. The number of hydrogen-bond donors (Lipinski definition) is 3. The van der Waals surface area contributed by atoms with Gasteiger partial charge in [-0.05, 0) is 20.3 Å². The van der Waals surface area contributed by atoms with E-state index in [-0.39, 0.29) is 30.0 Å². The number of nitrogens with zero attached hydrogens (tertiary/aromatic N) is 3. The molecule has 0 spiro atoms. The van der Waals surface area contributed by atoms with Crippen LogP contribution in [0, 0.1) is 0 Å². The minimum absolute atomic E-state index is 0.0383. The van der Waals surface area contributed by atoms with Crippen LogP contribution < -0.4 is 21.1 Å². The molecule has 1 aliphatic heterocycles. The molecule has 104 valence electrons. The van der Waals surface area contributed by atoms with Crippen molar-refractivity contribution in [2.24, 2.45) is 0 Å². The van der Waals surface area contributed by atoms with Gasteiger partial charge >= 0.3 is 6.01 Å². The number of piperidine rings is 1. The van der Waals surface area contributed by atoms with Crippen LogP contribution in [-0.4, -0.2) is 39.5 Å². The van der Waals surface area contributed by atoms with Crippen molar-refractivity contribution in [2.75, 3.05) is 17.6 Å². The molecular weight excluding hydrogens is 248 g/mol. The summed E-state index contributed by atoms with van der Waals surface area (Å²) in [6, 6.07) is 0.288. The summed E-state index contributed by atoms with van der Waals surface area (Å²) in [5.41, 5.74) is 5.61. The highest BCUT2D eigenvalue weighted by Crippen LogP contribution is 2.13. The van der Waals surface area contributed by atoms with E-state index in [9.17, 15) is 4.79 Å². The molecular formula is C11H18N6O2. The fourth-order valence-corrected chi connectivity index (χ4v) is 1.74. The predicted molar refractivity (Wildman–Crippen MR) is 69.7 cm³/mol.